The third-order valence-electron chi connectivity index (χ3n) is 3.23. The van der Waals surface area contributed by atoms with Crippen molar-refractivity contribution in [1.82, 2.24) is 10.3 Å². The van der Waals surface area contributed by atoms with E-state index in [2.05, 4.69) is 15.0 Å². The molecule has 2 N–H and O–H groups in total. The zero-order chi connectivity index (χ0) is 15.9. The van der Waals surface area contributed by atoms with Crippen LogP contribution in [-0.2, 0) is 9.53 Å². The number of methoxy groups -OCH3 is 2. The van der Waals surface area contributed by atoms with Crippen molar-refractivity contribution in [1.29, 1.82) is 0 Å². The summed E-state index contributed by atoms with van der Waals surface area (Å²) in [4.78, 5) is 26.2. The lowest BCUT2D eigenvalue weighted by molar-refractivity contribution is -0.140. The lowest BCUT2D eigenvalue weighted by Crippen LogP contribution is -2.26. The maximum Gasteiger partial charge on any atom is 0.307 e. The number of carbonyl (C=O) groups is 2. The average molecular weight is 302 g/mol. The van der Waals surface area contributed by atoms with Gasteiger partial charge in [-0.25, -0.2) is 0 Å². The van der Waals surface area contributed by atoms with Gasteiger partial charge in [-0.3, -0.25) is 9.59 Å². The number of amides is 1. The van der Waals surface area contributed by atoms with Gasteiger partial charge >= 0.3 is 5.97 Å². The summed E-state index contributed by atoms with van der Waals surface area (Å²) in [6.45, 7) is 0.224. The summed E-state index contributed by atoms with van der Waals surface area (Å²) in [5.41, 5.74) is 2.06. The van der Waals surface area contributed by atoms with Gasteiger partial charge in [-0.05, 0) is 6.07 Å². The first kappa shape index (κ1) is 15.6. The van der Waals surface area contributed by atoms with E-state index in [4.69, 9.17) is 4.74 Å². The quantitative estimate of drug-likeness (QED) is 0.800. The predicted octanol–water partition coefficient (Wildman–Crippen LogP) is 1.98. The van der Waals surface area contributed by atoms with E-state index in [1.54, 1.807) is 19.5 Å². The highest BCUT2D eigenvalue weighted by atomic mass is 16.5. The molecule has 0 saturated carbocycles. The molecule has 2 aromatic rings. The molecular weight excluding hydrogens is 284 g/mol. The Balaban J connectivity index is 2.15. The number of aromatic nitrogens is 1. The molecule has 1 aromatic carbocycles. The Morgan fingerprint density at radius 2 is 1.91 bits per heavy atom. The number of carbonyl (C=O) groups excluding carboxylic acids is 2. The summed E-state index contributed by atoms with van der Waals surface area (Å²) in [5, 5.41) is 2.70. The van der Waals surface area contributed by atoms with Crippen molar-refractivity contribution in [2.24, 2.45) is 0 Å². The third-order valence-corrected chi connectivity index (χ3v) is 3.23. The number of nitrogens with one attached hydrogen (secondary N) is 2. The topological polar surface area (TPSA) is 80.4 Å². The normalized spacial score (nSPS) is 10.1. The van der Waals surface area contributed by atoms with Gasteiger partial charge in [-0.15, -0.1) is 0 Å². The number of para-hydroxylation sites is 1. The fourth-order valence-corrected chi connectivity index (χ4v) is 2.12. The molecule has 0 radical (unpaired) electrons. The molecule has 1 aromatic heterocycles. The first-order valence-corrected chi connectivity index (χ1v) is 6.82. The molecule has 0 spiro atoms. The Bertz CT molecular complexity index is 664. The molecular formula is C16H18N2O4. The second-order valence-electron chi connectivity index (χ2n) is 4.57. The maximum absolute atomic E-state index is 12.2. The van der Waals surface area contributed by atoms with Gasteiger partial charge in [0.25, 0.3) is 5.91 Å². The number of aromatic amines is 1. The molecule has 0 fully saturated rings. The van der Waals surface area contributed by atoms with Crippen molar-refractivity contribution in [2.75, 3.05) is 20.8 Å². The van der Waals surface area contributed by atoms with Gasteiger partial charge in [0.15, 0.2) is 0 Å². The van der Waals surface area contributed by atoms with E-state index in [0.29, 0.717) is 11.3 Å². The van der Waals surface area contributed by atoms with Gasteiger partial charge in [0.2, 0.25) is 0 Å². The predicted molar refractivity (Wildman–Crippen MR) is 81.7 cm³/mol. The Hall–Kier alpha value is -2.76. The standard InChI is InChI=1S/C16H18N2O4/c1-21-14-6-4-3-5-11(14)12-9-17-10-13(12)16(20)18-8-7-15(19)22-2/h3-6,9-10,17H,7-8H2,1-2H3,(H,18,20). The van der Waals surface area contributed by atoms with Crippen LogP contribution >= 0.6 is 0 Å². The molecule has 6 heteroatoms. The minimum Gasteiger partial charge on any atom is -0.496 e. The minimum absolute atomic E-state index is 0.136. The van der Waals surface area contributed by atoms with Crippen molar-refractivity contribution in [3.63, 3.8) is 0 Å². The largest absolute Gasteiger partial charge is 0.496 e. The highest BCUT2D eigenvalue weighted by Gasteiger charge is 2.16. The van der Waals surface area contributed by atoms with E-state index in [1.165, 1.54) is 7.11 Å². The first-order valence-electron chi connectivity index (χ1n) is 6.82. The molecule has 0 aliphatic rings. The summed E-state index contributed by atoms with van der Waals surface area (Å²) >= 11 is 0. The van der Waals surface area contributed by atoms with Crippen LogP contribution in [0.3, 0.4) is 0 Å². The molecule has 2 rings (SSSR count). The van der Waals surface area contributed by atoms with Gasteiger partial charge < -0.3 is 19.8 Å². The minimum atomic E-state index is -0.362. The Morgan fingerprint density at radius 1 is 1.14 bits per heavy atom. The molecule has 0 saturated heterocycles. The van der Waals surface area contributed by atoms with Crippen LogP contribution in [0.5, 0.6) is 5.75 Å². The molecule has 22 heavy (non-hydrogen) atoms. The number of hydrogen-bond acceptors (Lipinski definition) is 4. The van der Waals surface area contributed by atoms with Crippen LogP contribution < -0.4 is 10.1 Å². The second-order valence-corrected chi connectivity index (χ2v) is 4.57. The third kappa shape index (κ3) is 3.46. The van der Waals surface area contributed by atoms with E-state index in [0.717, 1.165) is 11.1 Å². The Kier molecular flexibility index (Phi) is 5.19. The van der Waals surface area contributed by atoms with Crippen LogP contribution in [0.4, 0.5) is 0 Å². The van der Waals surface area contributed by atoms with E-state index in [9.17, 15) is 9.59 Å². The molecule has 0 unspecified atom stereocenters. The monoisotopic (exact) mass is 302 g/mol. The van der Waals surface area contributed by atoms with Gasteiger partial charge in [-0.1, -0.05) is 18.2 Å². The number of hydrogen-bond donors (Lipinski definition) is 2. The van der Waals surface area contributed by atoms with E-state index < -0.39 is 0 Å². The van der Waals surface area contributed by atoms with Gasteiger partial charge in [0, 0.05) is 30.1 Å². The summed E-state index contributed by atoms with van der Waals surface area (Å²) in [5.74, 6) is 0.0658. The number of benzene rings is 1. The zero-order valence-electron chi connectivity index (χ0n) is 12.5. The molecule has 0 aliphatic heterocycles. The van der Waals surface area contributed by atoms with Crippen molar-refractivity contribution < 1.29 is 19.1 Å². The van der Waals surface area contributed by atoms with Crippen LogP contribution in [0.15, 0.2) is 36.7 Å². The second kappa shape index (κ2) is 7.31. The van der Waals surface area contributed by atoms with Crippen molar-refractivity contribution in [3.05, 3.63) is 42.2 Å². The van der Waals surface area contributed by atoms with Crippen LogP contribution in [0.25, 0.3) is 11.1 Å². The zero-order valence-corrected chi connectivity index (χ0v) is 12.5. The van der Waals surface area contributed by atoms with E-state index >= 15 is 0 Å². The van der Waals surface area contributed by atoms with Crippen LogP contribution in [0.1, 0.15) is 16.8 Å². The summed E-state index contributed by atoms with van der Waals surface area (Å²) in [6, 6.07) is 7.46. The van der Waals surface area contributed by atoms with Crippen LogP contribution in [0, 0.1) is 0 Å². The lowest BCUT2D eigenvalue weighted by Gasteiger charge is -2.09. The fraction of sp³-hybridized carbons (Fsp3) is 0.250. The molecule has 0 bridgehead atoms. The van der Waals surface area contributed by atoms with Crippen LogP contribution in [0.2, 0.25) is 0 Å². The summed E-state index contributed by atoms with van der Waals surface area (Å²) < 4.78 is 9.86. The van der Waals surface area contributed by atoms with Gasteiger partial charge in [0.05, 0.1) is 26.2 Å². The van der Waals surface area contributed by atoms with Gasteiger partial charge in [-0.2, -0.15) is 0 Å². The molecule has 1 heterocycles. The van der Waals surface area contributed by atoms with E-state index in [1.807, 2.05) is 24.3 Å². The first-order chi connectivity index (χ1) is 10.7. The summed E-state index contributed by atoms with van der Waals surface area (Å²) in [7, 11) is 2.90. The van der Waals surface area contributed by atoms with Crippen molar-refractivity contribution >= 4 is 11.9 Å². The Labute approximate surface area is 128 Å². The number of esters is 1. The molecule has 1 amide bonds. The molecule has 6 nitrogen and oxygen atoms in total. The van der Waals surface area contributed by atoms with Crippen molar-refractivity contribution in [3.8, 4) is 16.9 Å². The highest BCUT2D eigenvalue weighted by Crippen LogP contribution is 2.31. The molecule has 116 valence electrons. The maximum atomic E-state index is 12.2. The van der Waals surface area contributed by atoms with E-state index in [-0.39, 0.29) is 24.8 Å². The average Bonchev–Trinajstić information content (AvgIpc) is 3.03. The smallest absolute Gasteiger partial charge is 0.307 e. The molecule has 0 atom stereocenters. The Morgan fingerprint density at radius 3 is 2.64 bits per heavy atom. The van der Waals surface area contributed by atoms with Crippen molar-refractivity contribution in [2.45, 2.75) is 6.42 Å². The highest BCUT2D eigenvalue weighted by molar-refractivity contribution is 6.01. The van der Waals surface area contributed by atoms with Crippen LogP contribution in [-0.4, -0.2) is 37.6 Å². The SMILES string of the molecule is COC(=O)CCNC(=O)c1c[nH]cc1-c1ccccc1OC. The fourth-order valence-electron chi connectivity index (χ4n) is 2.12. The number of H-pyrrole nitrogens is 1. The van der Waals surface area contributed by atoms with Gasteiger partial charge in [0.1, 0.15) is 5.75 Å². The summed E-state index contributed by atoms with van der Waals surface area (Å²) in [6.07, 6.45) is 3.50. The molecule has 0 aliphatic carbocycles. The lowest BCUT2D eigenvalue weighted by atomic mass is 10.0. The number of ether oxygens (including phenoxy) is 2. The number of rotatable bonds is 6.